The van der Waals surface area contributed by atoms with Crippen LogP contribution in [0.1, 0.15) is 47.1 Å². The minimum Gasteiger partial charge on any atom is -0.466 e. The molecule has 1 aliphatic heterocycles. The lowest BCUT2D eigenvalue weighted by Crippen LogP contribution is -2.47. The van der Waals surface area contributed by atoms with E-state index in [4.69, 9.17) is 4.74 Å². The van der Waals surface area contributed by atoms with Crippen LogP contribution >= 0.6 is 0 Å². The monoisotopic (exact) mass is 440 g/mol. The lowest BCUT2D eigenvalue weighted by molar-refractivity contribution is -0.151. The highest BCUT2D eigenvalue weighted by Crippen LogP contribution is 2.18. The number of likely N-dealkylation sites (N-methyl/N-ethyl adjacent to an activating group) is 1. The lowest BCUT2D eigenvalue weighted by atomic mass is 9.98. The first-order valence-electron chi connectivity index (χ1n) is 11.1. The molecule has 172 valence electrons. The van der Waals surface area contributed by atoms with E-state index in [1.165, 1.54) is 4.90 Å². The van der Waals surface area contributed by atoms with Crippen LogP contribution in [-0.4, -0.2) is 70.7 Å². The number of amides is 2. The highest BCUT2D eigenvalue weighted by Gasteiger charge is 2.30. The van der Waals surface area contributed by atoms with Gasteiger partial charge in [-0.1, -0.05) is 12.1 Å². The van der Waals surface area contributed by atoms with Gasteiger partial charge in [0.1, 0.15) is 0 Å². The quantitative estimate of drug-likeness (QED) is 0.618. The molecule has 1 unspecified atom stereocenters. The van der Waals surface area contributed by atoms with Crippen molar-refractivity contribution < 1.29 is 19.1 Å². The molecule has 8 nitrogen and oxygen atoms in total. The zero-order chi connectivity index (χ0) is 23.3. The Balaban J connectivity index is 1.61. The predicted molar refractivity (Wildman–Crippen MR) is 120 cm³/mol. The summed E-state index contributed by atoms with van der Waals surface area (Å²) >= 11 is 0. The Morgan fingerprint density at radius 3 is 2.69 bits per heavy atom. The molecule has 0 spiro atoms. The number of aryl methyl sites for hydroxylation is 2. The number of rotatable bonds is 7. The Bertz CT molecular complexity index is 984. The van der Waals surface area contributed by atoms with E-state index >= 15 is 0 Å². The SMILES string of the molecule is CCOC(=O)C1CCCN(C(=O)CN(C)C(=O)c2cccc(Cn3nc(C)cc3C)c2)C1. The minimum atomic E-state index is -0.292. The zero-order valence-electron chi connectivity index (χ0n) is 19.3. The number of carbonyl (C=O) groups excluding carboxylic acids is 3. The van der Waals surface area contributed by atoms with E-state index in [9.17, 15) is 14.4 Å². The van der Waals surface area contributed by atoms with E-state index in [0.29, 0.717) is 31.8 Å². The van der Waals surface area contributed by atoms with Crippen LogP contribution < -0.4 is 0 Å². The molecule has 1 aromatic heterocycles. The van der Waals surface area contributed by atoms with Crippen molar-refractivity contribution in [1.29, 1.82) is 0 Å². The molecule has 1 aliphatic rings. The molecule has 8 heteroatoms. The van der Waals surface area contributed by atoms with Gasteiger partial charge in [0.15, 0.2) is 0 Å². The second-order valence-corrected chi connectivity index (χ2v) is 8.38. The maximum atomic E-state index is 13.0. The van der Waals surface area contributed by atoms with Crippen molar-refractivity contribution >= 4 is 17.8 Å². The number of likely N-dealkylation sites (tertiary alicyclic amines) is 1. The molecule has 0 radical (unpaired) electrons. The summed E-state index contributed by atoms with van der Waals surface area (Å²) in [6, 6.07) is 9.42. The van der Waals surface area contributed by atoms with Gasteiger partial charge in [-0.15, -0.1) is 0 Å². The van der Waals surface area contributed by atoms with Crippen molar-refractivity contribution in [3.8, 4) is 0 Å². The maximum Gasteiger partial charge on any atom is 0.310 e. The predicted octanol–water partition coefficient (Wildman–Crippen LogP) is 2.42. The molecule has 32 heavy (non-hydrogen) atoms. The van der Waals surface area contributed by atoms with Gasteiger partial charge >= 0.3 is 5.97 Å². The second-order valence-electron chi connectivity index (χ2n) is 8.38. The molecule has 0 N–H and O–H groups in total. The fourth-order valence-corrected chi connectivity index (χ4v) is 4.06. The average molecular weight is 441 g/mol. The van der Waals surface area contributed by atoms with Gasteiger partial charge in [0, 0.05) is 31.4 Å². The number of carbonyl (C=O) groups is 3. The van der Waals surface area contributed by atoms with Crippen LogP contribution in [0.2, 0.25) is 0 Å². The topological polar surface area (TPSA) is 84.7 Å². The number of hydrogen-bond acceptors (Lipinski definition) is 5. The summed E-state index contributed by atoms with van der Waals surface area (Å²) in [5.74, 6) is -0.922. The Kier molecular flexibility index (Phi) is 7.66. The summed E-state index contributed by atoms with van der Waals surface area (Å²) in [5, 5.41) is 4.47. The van der Waals surface area contributed by atoms with Crippen molar-refractivity contribution in [3.05, 3.63) is 52.8 Å². The van der Waals surface area contributed by atoms with Crippen LogP contribution in [-0.2, 0) is 20.9 Å². The Labute approximate surface area is 189 Å². The minimum absolute atomic E-state index is 0.0317. The van der Waals surface area contributed by atoms with Crippen molar-refractivity contribution in [2.24, 2.45) is 5.92 Å². The fourth-order valence-electron chi connectivity index (χ4n) is 4.06. The molecule has 0 bridgehead atoms. The number of esters is 1. The third kappa shape index (κ3) is 5.75. The van der Waals surface area contributed by atoms with Gasteiger partial charge in [0.25, 0.3) is 5.91 Å². The first-order valence-corrected chi connectivity index (χ1v) is 11.1. The zero-order valence-corrected chi connectivity index (χ0v) is 19.3. The fraction of sp³-hybridized carbons (Fsp3) is 0.500. The summed E-state index contributed by atoms with van der Waals surface area (Å²) in [7, 11) is 1.63. The van der Waals surface area contributed by atoms with Crippen LogP contribution in [0.4, 0.5) is 0 Å². The van der Waals surface area contributed by atoms with Gasteiger partial charge in [-0.05, 0) is 57.4 Å². The summed E-state index contributed by atoms with van der Waals surface area (Å²) < 4.78 is 7.01. The Hall–Kier alpha value is -3.16. The molecule has 1 fully saturated rings. The van der Waals surface area contributed by atoms with Crippen LogP contribution in [0.3, 0.4) is 0 Å². The van der Waals surface area contributed by atoms with Gasteiger partial charge in [-0.3, -0.25) is 19.1 Å². The van der Waals surface area contributed by atoms with E-state index < -0.39 is 0 Å². The summed E-state index contributed by atoms with van der Waals surface area (Å²) in [6.45, 7) is 7.54. The van der Waals surface area contributed by atoms with Crippen LogP contribution in [0.15, 0.2) is 30.3 Å². The number of benzene rings is 1. The molecule has 2 aromatic rings. The van der Waals surface area contributed by atoms with E-state index in [2.05, 4.69) is 5.10 Å². The van der Waals surface area contributed by atoms with Crippen molar-refractivity contribution in [2.75, 3.05) is 33.3 Å². The third-order valence-corrected chi connectivity index (χ3v) is 5.72. The van der Waals surface area contributed by atoms with Gasteiger partial charge in [-0.2, -0.15) is 5.10 Å². The molecule has 1 saturated heterocycles. The van der Waals surface area contributed by atoms with E-state index in [1.54, 1.807) is 24.9 Å². The first-order chi connectivity index (χ1) is 15.3. The molecule has 2 heterocycles. The third-order valence-electron chi connectivity index (χ3n) is 5.72. The van der Waals surface area contributed by atoms with Gasteiger partial charge in [-0.25, -0.2) is 0 Å². The molecular weight excluding hydrogens is 408 g/mol. The van der Waals surface area contributed by atoms with Crippen LogP contribution in [0.5, 0.6) is 0 Å². The molecule has 0 aliphatic carbocycles. The smallest absolute Gasteiger partial charge is 0.310 e. The summed E-state index contributed by atoms with van der Waals surface area (Å²) in [5.41, 5.74) is 3.51. The normalized spacial score (nSPS) is 16.0. The number of nitrogens with zero attached hydrogens (tertiary/aromatic N) is 4. The maximum absolute atomic E-state index is 13.0. The van der Waals surface area contributed by atoms with Gasteiger partial charge in [0.2, 0.25) is 5.91 Å². The summed E-state index contributed by atoms with van der Waals surface area (Å²) in [4.78, 5) is 40.9. The number of piperidine rings is 1. The molecular formula is C24H32N4O4. The van der Waals surface area contributed by atoms with E-state index in [1.807, 2.05) is 42.8 Å². The van der Waals surface area contributed by atoms with E-state index in [0.717, 1.165) is 29.8 Å². The van der Waals surface area contributed by atoms with E-state index in [-0.39, 0.29) is 30.2 Å². The second kappa shape index (κ2) is 10.4. The van der Waals surface area contributed by atoms with Crippen LogP contribution in [0.25, 0.3) is 0 Å². The standard InChI is InChI=1S/C24H32N4O4/c1-5-32-24(31)21-10-7-11-27(15-21)22(29)16-26(4)23(30)20-9-6-8-19(13-20)14-28-18(3)12-17(2)25-28/h6,8-9,12-13,21H,5,7,10-11,14-16H2,1-4H3. The molecule has 0 saturated carbocycles. The number of aromatic nitrogens is 2. The van der Waals surface area contributed by atoms with Crippen molar-refractivity contribution in [1.82, 2.24) is 19.6 Å². The Morgan fingerprint density at radius 2 is 2.00 bits per heavy atom. The van der Waals surface area contributed by atoms with Crippen molar-refractivity contribution in [2.45, 2.75) is 40.2 Å². The highest BCUT2D eigenvalue weighted by atomic mass is 16.5. The lowest BCUT2D eigenvalue weighted by Gasteiger charge is -2.32. The van der Waals surface area contributed by atoms with Crippen molar-refractivity contribution in [3.63, 3.8) is 0 Å². The molecule has 1 aromatic carbocycles. The number of ether oxygens (including phenoxy) is 1. The first kappa shape index (κ1) is 23.5. The van der Waals surface area contributed by atoms with Crippen LogP contribution in [0, 0.1) is 19.8 Å². The summed E-state index contributed by atoms with van der Waals surface area (Å²) in [6.07, 6.45) is 1.47. The van der Waals surface area contributed by atoms with Gasteiger partial charge in [0.05, 0.1) is 31.3 Å². The molecule has 3 rings (SSSR count). The largest absolute Gasteiger partial charge is 0.466 e. The Morgan fingerprint density at radius 1 is 1.22 bits per heavy atom. The molecule has 1 atom stereocenters. The van der Waals surface area contributed by atoms with Gasteiger partial charge < -0.3 is 14.5 Å². The molecule has 2 amide bonds. The average Bonchev–Trinajstić information content (AvgIpc) is 3.10. The number of hydrogen-bond donors (Lipinski definition) is 0. The highest BCUT2D eigenvalue weighted by molar-refractivity contribution is 5.96.